The maximum Gasteiger partial charge on any atom is 0.241 e. The van der Waals surface area contributed by atoms with Crippen LogP contribution in [0.3, 0.4) is 0 Å². The van der Waals surface area contributed by atoms with Crippen molar-refractivity contribution in [1.29, 1.82) is 0 Å². The van der Waals surface area contributed by atoms with Gasteiger partial charge in [-0.3, -0.25) is 24.3 Å². The van der Waals surface area contributed by atoms with Crippen molar-refractivity contribution in [3.05, 3.63) is 65.5 Å². The van der Waals surface area contributed by atoms with Crippen molar-refractivity contribution in [2.75, 3.05) is 19.7 Å². The third kappa shape index (κ3) is 5.01. The molecule has 2 aromatic rings. The molecule has 2 aliphatic heterocycles. The van der Waals surface area contributed by atoms with Crippen LogP contribution in [0.5, 0.6) is 0 Å². The molecule has 0 bridgehead atoms. The number of aryl methyl sites for hydroxylation is 1. The highest BCUT2D eigenvalue weighted by atomic mass is 16.5. The molecule has 1 saturated carbocycles. The average molecular weight is 476 g/mol. The maximum atomic E-state index is 14.0. The van der Waals surface area contributed by atoms with Crippen LogP contribution in [0.25, 0.3) is 0 Å². The van der Waals surface area contributed by atoms with E-state index in [0.717, 1.165) is 49.0 Å². The molecule has 2 atom stereocenters. The molecule has 7 heteroatoms. The van der Waals surface area contributed by atoms with Crippen LogP contribution in [0, 0.1) is 12.8 Å². The minimum atomic E-state index is -1.19. The third-order valence-electron chi connectivity index (χ3n) is 7.59. The Morgan fingerprint density at radius 3 is 2.57 bits per heavy atom. The quantitative estimate of drug-likeness (QED) is 0.520. The van der Waals surface area contributed by atoms with Crippen LogP contribution in [0.15, 0.2) is 48.8 Å². The van der Waals surface area contributed by atoms with Crippen molar-refractivity contribution in [3.8, 4) is 0 Å². The van der Waals surface area contributed by atoms with Crippen LogP contribution >= 0.6 is 0 Å². The van der Waals surface area contributed by atoms with E-state index in [4.69, 9.17) is 4.74 Å². The first kappa shape index (κ1) is 23.7. The van der Waals surface area contributed by atoms with Gasteiger partial charge in [0.2, 0.25) is 17.7 Å². The highest BCUT2D eigenvalue weighted by Gasteiger charge is 2.54. The molecule has 5 rings (SSSR count). The van der Waals surface area contributed by atoms with Crippen LogP contribution in [0.1, 0.15) is 55.2 Å². The molecule has 0 radical (unpaired) electrons. The Bertz CT molecular complexity index is 1090. The number of hydrogen-bond acceptors (Lipinski definition) is 5. The van der Waals surface area contributed by atoms with Gasteiger partial charge >= 0.3 is 0 Å². The number of hydrogen-bond donors (Lipinski definition) is 0. The molecule has 1 aromatic heterocycles. The number of rotatable bonds is 9. The Hall–Kier alpha value is -3.06. The van der Waals surface area contributed by atoms with Crippen LogP contribution in [0.2, 0.25) is 0 Å². The number of carbonyl (C=O) groups excluding carboxylic acids is 3. The molecular formula is C28H33N3O4. The highest BCUT2D eigenvalue weighted by molar-refractivity contribution is 6.10. The van der Waals surface area contributed by atoms with E-state index in [1.54, 1.807) is 24.5 Å². The smallest absolute Gasteiger partial charge is 0.241 e. The summed E-state index contributed by atoms with van der Waals surface area (Å²) in [5.74, 6) is -0.0670. The van der Waals surface area contributed by atoms with E-state index in [-0.39, 0.29) is 43.2 Å². The molecule has 2 saturated heterocycles. The molecule has 35 heavy (non-hydrogen) atoms. The average Bonchev–Trinajstić information content (AvgIpc) is 3.47. The molecule has 0 unspecified atom stereocenters. The molecule has 184 valence electrons. The summed E-state index contributed by atoms with van der Waals surface area (Å²) in [4.78, 5) is 48.4. The Labute approximate surface area is 206 Å². The molecule has 1 aliphatic carbocycles. The van der Waals surface area contributed by atoms with Crippen LogP contribution in [-0.2, 0) is 31.1 Å². The zero-order chi connectivity index (χ0) is 24.4. The lowest BCUT2D eigenvalue weighted by atomic mass is 9.74. The van der Waals surface area contributed by atoms with Crippen molar-refractivity contribution in [3.63, 3.8) is 0 Å². The molecule has 0 spiro atoms. The zero-order valence-corrected chi connectivity index (χ0v) is 20.3. The van der Waals surface area contributed by atoms with Crippen molar-refractivity contribution in [2.24, 2.45) is 5.92 Å². The Balaban J connectivity index is 1.45. The van der Waals surface area contributed by atoms with Crippen molar-refractivity contribution in [1.82, 2.24) is 14.8 Å². The standard InChI is InChI=1S/C28H33N3O4/c1-20-5-2-3-7-24(20)28(16-26(33)31(27(28)34)18-22-10-12-29-13-11-22)15-25(32)30(17-21-8-9-21)19-23-6-4-14-35-23/h2-3,5,7,10-13,21,23H,4,6,8-9,14-19H2,1H3/t23-,28-/m0/s1. The summed E-state index contributed by atoms with van der Waals surface area (Å²) in [7, 11) is 0. The fraction of sp³-hybridized carbons (Fsp3) is 0.500. The number of benzene rings is 1. The summed E-state index contributed by atoms with van der Waals surface area (Å²) in [5, 5.41) is 0. The molecule has 1 aromatic carbocycles. The third-order valence-corrected chi connectivity index (χ3v) is 7.59. The number of pyridine rings is 1. The van der Waals surface area contributed by atoms with E-state index >= 15 is 0 Å². The lowest BCUT2D eigenvalue weighted by Crippen LogP contribution is -2.46. The normalized spacial score (nSPS) is 24.3. The van der Waals surface area contributed by atoms with Gasteiger partial charge < -0.3 is 9.64 Å². The van der Waals surface area contributed by atoms with Crippen LogP contribution in [-0.4, -0.2) is 58.3 Å². The summed E-state index contributed by atoms with van der Waals surface area (Å²) >= 11 is 0. The van der Waals surface area contributed by atoms with Gasteiger partial charge in [0.05, 0.1) is 18.1 Å². The van der Waals surface area contributed by atoms with E-state index in [0.29, 0.717) is 19.0 Å². The SMILES string of the molecule is Cc1ccccc1[C@]1(CC(=O)N(CC2CC2)C[C@@H]2CCCO2)CC(=O)N(Cc2ccncc2)C1=O. The molecule has 3 amide bonds. The van der Waals surface area contributed by atoms with Gasteiger partial charge in [0.25, 0.3) is 0 Å². The van der Waals surface area contributed by atoms with E-state index in [9.17, 15) is 14.4 Å². The van der Waals surface area contributed by atoms with Gasteiger partial charge in [0.1, 0.15) is 0 Å². The molecule has 3 fully saturated rings. The summed E-state index contributed by atoms with van der Waals surface area (Å²) in [6.45, 7) is 4.12. The number of nitrogens with zero attached hydrogens (tertiary/aromatic N) is 3. The zero-order valence-electron chi connectivity index (χ0n) is 20.3. The first-order valence-electron chi connectivity index (χ1n) is 12.7. The second-order valence-corrected chi connectivity index (χ2v) is 10.3. The van der Waals surface area contributed by atoms with Gasteiger partial charge in [0, 0.05) is 44.9 Å². The monoisotopic (exact) mass is 475 g/mol. The van der Waals surface area contributed by atoms with E-state index in [2.05, 4.69) is 4.98 Å². The Morgan fingerprint density at radius 1 is 1.11 bits per heavy atom. The number of likely N-dealkylation sites (tertiary alicyclic amines) is 1. The van der Waals surface area contributed by atoms with Gasteiger partial charge in [-0.15, -0.1) is 0 Å². The van der Waals surface area contributed by atoms with E-state index in [1.807, 2.05) is 36.1 Å². The number of imide groups is 1. The Morgan fingerprint density at radius 2 is 1.89 bits per heavy atom. The first-order chi connectivity index (χ1) is 17.0. The Kier molecular flexibility index (Phi) is 6.69. The topological polar surface area (TPSA) is 79.8 Å². The minimum Gasteiger partial charge on any atom is -0.376 e. The summed E-state index contributed by atoms with van der Waals surface area (Å²) in [6.07, 6.45) is 7.59. The molecule has 3 aliphatic rings. The number of ether oxygens (including phenoxy) is 1. The highest BCUT2D eigenvalue weighted by Crippen LogP contribution is 2.42. The van der Waals surface area contributed by atoms with Gasteiger partial charge in [-0.25, -0.2) is 0 Å². The minimum absolute atomic E-state index is 0.00467. The molecule has 0 N–H and O–H groups in total. The number of aromatic nitrogens is 1. The van der Waals surface area contributed by atoms with Crippen LogP contribution < -0.4 is 0 Å². The molecule has 3 heterocycles. The lowest BCUT2D eigenvalue weighted by Gasteiger charge is -2.32. The van der Waals surface area contributed by atoms with Gasteiger partial charge in [-0.1, -0.05) is 24.3 Å². The molecule has 7 nitrogen and oxygen atoms in total. The summed E-state index contributed by atoms with van der Waals surface area (Å²) < 4.78 is 5.83. The fourth-order valence-corrected chi connectivity index (χ4v) is 5.48. The van der Waals surface area contributed by atoms with Crippen molar-refractivity contribution < 1.29 is 19.1 Å². The number of amides is 3. The first-order valence-corrected chi connectivity index (χ1v) is 12.7. The second-order valence-electron chi connectivity index (χ2n) is 10.3. The second kappa shape index (κ2) is 9.90. The predicted octanol–water partition coefficient (Wildman–Crippen LogP) is 3.39. The molecular weight excluding hydrogens is 442 g/mol. The van der Waals surface area contributed by atoms with E-state index < -0.39 is 5.41 Å². The largest absolute Gasteiger partial charge is 0.376 e. The van der Waals surface area contributed by atoms with Crippen molar-refractivity contribution in [2.45, 2.75) is 63.5 Å². The summed E-state index contributed by atoms with van der Waals surface area (Å²) in [5.41, 5.74) is 1.33. The van der Waals surface area contributed by atoms with E-state index in [1.165, 1.54) is 4.90 Å². The summed E-state index contributed by atoms with van der Waals surface area (Å²) in [6, 6.07) is 11.2. The fourth-order valence-electron chi connectivity index (χ4n) is 5.48. The van der Waals surface area contributed by atoms with Gasteiger partial charge in [-0.05, 0) is 67.3 Å². The van der Waals surface area contributed by atoms with Crippen LogP contribution in [0.4, 0.5) is 0 Å². The maximum absolute atomic E-state index is 14.0. The lowest BCUT2D eigenvalue weighted by molar-refractivity contribution is -0.143. The van der Waals surface area contributed by atoms with Crippen molar-refractivity contribution >= 4 is 17.7 Å². The van der Waals surface area contributed by atoms with Gasteiger partial charge in [-0.2, -0.15) is 0 Å². The predicted molar refractivity (Wildman–Crippen MR) is 130 cm³/mol. The number of carbonyl (C=O) groups is 3. The van der Waals surface area contributed by atoms with Gasteiger partial charge in [0.15, 0.2) is 0 Å².